The zero-order valence-electron chi connectivity index (χ0n) is 25.4. The van der Waals surface area contributed by atoms with Gasteiger partial charge in [0, 0.05) is 18.5 Å². The third-order valence-electron chi connectivity index (χ3n) is 7.22. The Kier molecular flexibility index (Phi) is 11.0. The molecule has 0 aliphatic heterocycles. The maximum atomic E-state index is 14.0. The molecule has 0 fully saturated rings. The summed E-state index contributed by atoms with van der Waals surface area (Å²) in [5.74, 6) is -0.634. The molecule has 0 bridgehead atoms. The maximum Gasteiger partial charge on any atom is 0.303 e. The van der Waals surface area contributed by atoms with Crippen LogP contribution in [0.15, 0.2) is 91.0 Å². The summed E-state index contributed by atoms with van der Waals surface area (Å²) in [6.45, 7) is 0.355. The third kappa shape index (κ3) is 8.32. The van der Waals surface area contributed by atoms with Crippen LogP contribution in [-0.4, -0.2) is 55.2 Å². The molecule has 10 heteroatoms. The van der Waals surface area contributed by atoms with E-state index in [-0.39, 0.29) is 19.4 Å². The highest BCUT2D eigenvalue weighted by atomic mass is 16.5. The van der Waals surface area contributed by atoms with Crippen molar-refractivity contribution < 1.29 is 38.4 Å². The number of hydrogen-bond donors (Lipinski definition) is 2. The number of amides is 2. The molecule has 0 aliphatic rings. The molecule has 0 saturated carbocycles. The van der Waals surface area contributed by atoms with Crippen LogP contribution in [0.1, 0.15) is 34.3 Å². The van der Waals surface area contributed by atoms with Gasteiger partial charge in [-0.3, -0.25) is 14.4 Å². The number of methoxy groups -OCH3 is 3. The largest absolute Gasteiger partial charge is 0.493 e. The Morgan fingerprint density at radius 2 is 1.44 bits per heavy atom. The van der Waals surface area contributed by atoms with Gasteiger partial charge in [-0.05, 0) is 65.1 Å². The van der Waals surface area contributed by atoms with Crippen molar-refractivity contribution in [3.05, 3.63) is 108 Å². The first-order valence-electron chi connectivity index (χ1n) is 14.2. The van der Waals surface area contributed by atoms with Crippen molar-refractivity contribution in [2.24, 2.45) is 5.73 Å². The summed E-state index contributed by atoms with van der Waals surface area (Å²) in [5, 5.41) is 9.30. The zero-order chi connectivity index (χ0) is 32.3. The Balaban J connectivity index is 1.62. The normalized spacial score (nSPS) is 11.3. The van der Waals surface area contributed by atoms with E-state index in [1.54, 1.807) is 36.4 Å². The van der Waals surface area contributed by atoms with E-state index in [4.69, 9.17) is 24.7 Å². The molecule has 4 aromatic carbocycles. The van der Waals surface area contributed by atoms with Crippen molar-refractivity contribution in [3.63, 3.8) is 0 Å². The van der Waals surface area contributed by atoms with E-state index in [0.29, 0.717) is 40.7 Å². The topological polar surface area (TPSA) is 138 Å². The molecule has 0 aromatic heterocycles. The highest BCUT2D eigenvalue weighted by Gasteiger charge is 2.30. The standard InChI is InChI=1S/C35H36N2O8/c1-42-30-18-24(19-31(43-2)33(30)44-3)21-37(29(34(36)40)16-17-32(38)39)35(41)26-14-12-25(13-15-26)27-10-7-11-28(20-27)45-22-23-8-5-4-6-9-23/h4-15,18-20,29H,16-17,21-22H2,1-3H3,(H2,36,40)(H,38,39)/t29-/m0/s1. The van der Waals surface area contributed by atoms with Crippen molar-refractivity contribution >= 4 is 17.8 Å². The smallest absolute Gasteiger partial charge is 0.303 e. The summed E-state index contributed by atoms with van der Waals surface area (Å²) in [7, 11) is 4.41. The average molecular weight is 613 g/mol. The number of nitrogens with zero attached hydrogens (tertiary/aromatic N) is 1. The van der Waals surface area contributed by atoms with Crippen LogP contribution in [0.2, 0.25) is 0 Å². The molecular weight excluding hydrogens is 576 g/mol. The molecule has 2 amide bonds. The number of benzene rings is 4. The molecule has 45 heavy (non-hydrogen) atoms. The third-order valence-corrected chi connectivity index (χ3v) is 7.22. The first-order valence-corrected chi connectivity index (χ1v) is 14.2. The van der Waals surface area contributed by atoms with E-state index in [9.17, 15) is 19.5 Å². The molecule has 234 valence electrons. The molecule has 0 saturated heterocycles. The number of rotatable bonds is 15. The van der Waals surface area contributed by atoms with Gasteiger partial charge in [0.05, 0.1) is 21.3 Å². The minimum atomic E-state index is -1.19. The van der Waals surface area contributed by atoms with E-state index < -0.39 is 23.8 Å². The summed E-state index contributed by atoms with van der Waals surface area (Å²) < 4.78 is 22.3. The molecule has 0 spiro atoms. The second kappa shape index (κ2) is 15.3. The van der Waals surface area contributed by atoms with Gasteiger partial charge in [-0.25, -0.2) is 0 Å². The van der Waals surface area contributed by atoms with Crippen molar-refractivity contribution in [3.8, 4) is 34.1 Å². The minimum absolute atomic E-state index is 0.0781. The fourth-order valence-corrected chi connectivity index (χ4v) is 4.94. The van der Waals surface area contributed by atoms with Gasteiger partial charge >= 0.3 is 5.97 Å². The van der Waals surface area contributed by atoms with Crippen LogP contribution >= 0.6 is 0 Å². The lowest BCUT2D eigenvalue weighted by atomic mass is 10.0. The van der Waals surface area contributed by atoms with E-state index in [2.05, 4.69) is 0 Å². The number of carboxylic acid groups (broad SMARTS) is 1. The molecule has 3 N–H and O–H groups in total. The number of nitrogens with two attached hydrogens (primary N) is 1. The fraction of sp³-hybridized carbons (Fsp3) is 0.229. The lowest BCUT2D eigenvalue weighted by molar-refractivity contribution is -0.137. The Morgan fingerprint density at radius 3 is 2.02 bits per heavy atom. The van der Waals surface area contributed by atoms with Gasteiger partial charge in [0.25, 0.3) is 5.91 Å². The van der Waals surface area contributed by atoms with E-state index in [1.165, 1.54) is 26.2 Å². The lowest BCUT2D eigenvalue weighted by Crippen LogP contribution is -2.47. The predicted molar refractivity (Wildman–Crippen MR) is 168 cm³/mol. The van der Waals surface area contributed by atoms with E-state index in [0.717, 1.165) is 16.7 Å². The number of carbonyl (C=O) groups is 3. The van der Waals surface area contributed by atoms with Gasteiger partial charge in [-0.1, -0.05) is 54.6 Å². The van der Waals surface area contributed by atoms with Gasteiger partial charge < -0.3 is 34.7 Å². The van der Waals surface area contributed by atoms with Crippen molar-refractivity contribution in [1.29, 1.82) is 0 Å². The molecule has 0 aliphatic carbocycles. The number of aliphatic carboxylic acids is 1. The number of carbonyl (C=O) groups excluding carboxylic acids is 2. The molecular formula is C35H36N2O8. The summed E-state index contributed by atoms with van der Waals surface area (Å²) in [6.07, 6.45) is -0.511. The van der Waals surface area contributed by atoms with Gasteiger partial charge in [-0.2, -0.15) is 0 Å². The zero-order valence-corrected chi connectivity index (χ0v) is 25.4. The molecule has 10 nitrogen and oxygen atoms in total. The van der Waals surface area contributed by atoms with Crippen molar-refractivity contribution in [2.75, 3.05) is 21.3 Å². The van der Waals surface area contributed by atoms with Crippen LogP contribution in [0, 0.1) is 0 Å². The van der Waals surface area contributed by atoms with Crippen molar-refractivity contribution in [1.82, 2.24) is 4.90 Å². The Morgan fingerprint density at radius 1 is 0.778 bits per heavy atom. The SMILES string of the molecule is COc1cc(CN(C(=O)c2ccc(-c3cccc(OCc4ccccc4)c3)cc2)[C@@H](CCC(=O)O)C(N)=O)cc(OC)c1OC. The number of ether oxygens (including phenoxy) is 4. The number of carboxylic acids is 1. The monoisotopic (exact) mass is 612 g/mol. The van der Waals surface area contributed by atoms with E-state index in [1.807, 2.05) is 54.6 Å². The summed E-state index contributed by atoms with van der Waals surface area (Å²) >= 11 is 0. The summed E-state index contributed by atoms with van der Waals surface area (Å²) in [5.41, 5.74) is 9.38. The molecule has 1 atom stereocenters. The quantitative estimate of drug-likeness (QED) is 0.184. The second-order valence-corrected chi connectivity index (χ2v) is 10.2. The minimum Gasteiger partial charge on any atom is -0.493 e. The van der Waals surface area contributed by atoms with Crippen LogP contribution in [-0.2, 0) is 22.7 Å². The highest BCUT2D eigenvalue weighted by molar-refractivity contribution is 5.98. The van der Waals surface area contributed by atoms with Crippen LogP contribution in [0.5, 0.6) is 23.0 Å². The number of hydrogen-bond acceptors (Lipinski definition) is 7. The first kappa shape index (κ1) is 32.4. The fourth-order valence-electron chi connectivity index (χ4n) is 4.94. The van der Waals surface area contributed by atoms with E-state index >= 15 is 0 Å². The highest BCUT2D eigenvalue weighted by Crippen LogP contribution is 2.39. The number of primary amides is 1. The molecule has 0 unspecified atom stereocenters. The van der Waals surface area contributed by atoms with Gasteiger partial charge in [-0.15, -0.1) is 0 Å². The first-order chi connectivity index (χ1) is 21.7. The second-order valence-electron chi connectivity index (χ2n) is 10.2. The average Bonchev–Trinajstić information content (AvgIpc) is 3.06. The molecule has 0 radical (unpaired) electrons. The lowest BCUT2D eigenvalue weighted by Gasteiger charge is -2.30. The van der Waals surface area contributed by atoms with Gasteiger partial charge in [0.1, 0.15) is 18.4 Å². The summed E-state index contributed by atoms with van der Waals surface area (Å²) in [6, 6.07) is 26.6. The Hall–Kier alpha value is -5.51. The van der Waals surface area contributed by atoms with Crippen molar-refractivity contribution in [2.45, 2.75) is 32.0 Å². The molecule has 4 aromatic rings. The Labute approximate surface area is 261 Å². The van der Waals surface area contributed by atoms with Crippen LogP contribution in [0.25, 0.3) is 11.1 Å². The summed E-state index contributed by atoms with van der Waals surface area (Å²) in [4.78, 5) is 39.2. The van der Waals surface area contributed by atoms with Crippen LogP contribution in [0.4, 0.5) is 0 Å². The Bertz CT molecular complexity index is 1600. The maximum absolute atomic E-state index is 14.0. The molecule has 4 rings (SSSR count). The van der Waals surface area contributed by atoms with Crippen LogP contribution < -0.4 is 24.7 Å². The van der Waals surface area contributed by atoms with Gasteiger partial charge in [0.15, 0.2) is 11.5 Å². The molecule has 0 heterocycles. The van der Waals surface area contributed by atoms with Gasteiger partial charge in [0.2, 0.25) is 11.7 Å². The van der Waals surface area contributed by atoms with Crippen LogP contribution in [0.3, 0.4) is 0 Å². The predicted octanol–water partition coefficient (Wildman–Crippen LogP) is 5.32.